The molecular formula is C12H17N3OS2. The molecule has 0 aliphatic heterocycles. The van der Waals surface area contributed by atoms with Crippen LogP contribution in [0.5, 0.6) is 0 Å². The van der Waals surface area contributed by atoms with Crippen molar-refractivity contribution in [3.8, 4) is 6.07 Å². The summed E-state index contributed by atoms with van der Waals surface area (Å²) in [5.74, 6) is 0. The number of anilines is 2. The zero-order chi connectivity index (χ0) is 13.1. The second-order valence-electron chi connectivity index (χ2n) is 4.27. The molecule has 0 radical (unpaired) electrons. The van der Waals surface area contributed by atoms with Gasteiger partial charge >= 0.3 is 0 Å². The highest BCUT2D eigenvalue weighted by molar-refractivity contribution is 7.99. The Morgan fingerprint density at radius 1 is 1.56 bits per heavy atom. The first kappa shape index (κ1) is 13.5. The number of ether oxygens (including phenoxy) is 1. The highest BCUT2D eigenvalue weighted by Gasteiger charge is 2.28. The van der Waals surface area contributed by atoms with Crippen LogP contribution >= 0.6 is 23.1 Å². The van der Waals surface area contributed by atoms with Crippen LogP contribution in [0.4, 0.5) is 10.7 Å². The summed E-state index contributed by atoms with van der Waals surface area (Å²) in [4.78, 5) is 1.58. The molecule has 4 nitrogen and oxygen atoms in total. The summed E-state index contributed by atoms with van der Waals surface area (Å²) in [5.41, 5.74) is 6.56. The van der Waals surface area contributed by atoms with E-state index < -0.39 is 0 Å². The van der Waals surface area contributed by atoms with Gasteiger partial charge < -0.3 is 15.8 Å². The van der Waals surface area contributed by atoms with Crippen LogP contribution in [0.25, 0.3) is 0 Å². The minimum absolute atomic E-state index is 0.258. The lowest BCUT2D eigenvalue weighted by molar-refractivity contribution is 0.101. The van der Waals surface area contributed by atoms with Crippen molar-refractivity contribution in [2.75, 3.05) is 24.4 Å². The quantitative estimate of drug-likeness (QED) is 0.831. The van der Waals surface area contributed by atoms with Gasteiger partial charge in [-0.2, -0.15) is 5.26 Å². The second-order valence-corrected chi connectivity index (χ2v) is 6.11. The van der Waals surface area contributed by atoms with Crippen LogP contribution in [0, 0.1) is 11.3 Å². The maximum Gasteiger partial charge on any atom is 0.131 e. The molecule has 1 aromatic heterocycles. The van der Waals surface area contributed by atoms with E-state index in [-0.39, 0.29) is 6.10 Å². The summed E-state index contributed by atoms with van der Waals surface area (Å²) in [6.45, 7) is 0. The molecule has 1 aliphatic carbocycles. The molecule has 1 heterocycles. The van der Waals surface area contributed by atoms with Crippen molar-refractivity contribution in [1.29, 1.82) is 5.26 Å². The number of hydrogen-bond donors (Lipinski definition) is 2. The minimum atomic E-state index is 0.258. The summed E-state index contributed by atoms with van der Waals surface area (Å²) in [5, 5.41) is 13.5. The second kappa shape index (κ2) is 5.83. The van der Waals surface area contributed by atoms with Gasteiger partial charge in [0.15, 0.2) is 0 Å². The van der Waals surface area contributed by atoms with Crippen molar-refractivity contribution in [2.45, 2.75) is 36.3 Å². The molecule has 0 bridgehead atoms. The average molecular weight is 283 g/mol. The summed E-state index contributed by atoms with van der Waals surface area (Å²) in [6.07, 6.45) is 5.61. The van der Waals surface area contributed by atoms with Crippen molar-refractivity contribution in [1.82, 2.24) is 0 Å². The van der Waals surface area contributed by atoms with E-state index in [1.54, 1.807) is 18.9 Å². The van der Waals surface area contributed by atoms with Gasteiger partial charge in [-0.15, -0.1) is 23.1 Å². The Kier molecular flexibility index (Phi) is 4.38. The Labute approximate surface area is 116 Å². The Morgan fingerprint density at radius 3 is 2.94 bits per heavy atom. The fourth-order valence-corrected chi connectivity index (χ4v) is 4.23. The van der Waals surface area contributed by atoms with E-state index >= 15 is 0 Å². The zero-order valence-electron chi connectivity index (χ0n) is 10.5. The van der Waals surface area contributed by atoms with Crippen molar-refractivity contribution in [2.24, 2.45) is 0 Å². The lowest BCUT2D eigenvalue weighted by Crippen LogP contribution is -2.29. The molecule has 2 unspecified atom stereocenters. The predicted octanol–water partition coefficient (Wildman–Crippen LogP) is 2.90. The Morgan fingerprint density at radius 2 is 2.33 bits per heavy atom. The number of methoxy groups -OCH3 is 1. The molecular weight excluding hydrogens is 266 g/mol. The standard InChI is InChI=1S/C12H17N3OS2/c1-16-8-5-3-4-7(8)15-12-11(17-2)10(14)9(6-13)18-12/h7-8,15H,3-5,14H2,1-2H3. The lowest BCUT2D eigenvalue weighted by Gasteiger charge is -2.20. The molecule has 1 aliphatic rings. The fourth-order valence-electron chi connectivity index (χ4n) is 2.35. The molecule has 6 heteroatoms. The summed E-state index contributed by atoms with van der Waals surface area (Å²) in [7, 11) is 1.75. The van der Waals surface area contributed by atoms with Gasteiger partial charge in [-0.05, 0) is 25.5 Å². The number of hydrogen-bond acceptors (Lipinski definition) is 6. The number of nitrogens with two attached hydrogens (primary N) is 1. The SMILES string of the molecule is COC1CCCC1Nc1sc(C#N)c(N)c1SC. The molecule has 2 atom stereocenters. The molecule has 1 aromatic rings. The van der Waals surface area contributed by atoms with Gasteiger partial charge in [0.25, 0.3) is 0 Å². The summed E-state index contributed by atoms with van der Waals surface area (Å²) >= 11 is 3.02. The number of nitrogen functional groups attached to an aromatic ring is 1. The van der Waals surface area contributed by atoms with E-state index in [0.29, 0.717) is 16.6 Å². The van der Waals surface area contributed by atoms with Crippen molar-refractivity contribution >= 4 is 33.8 Å². The van der Waals surface area contributed by atoms with Gasteiger partial charge in [-0.3, -0.25) is 0 Å². The fraction of sp³-hybridized carbons (Fsp3) is 0.583. The van der Waals surface area contributed by atoms with E-state index in [9.17, 15) is 0 Å². The molecule has 0 aromatic carbocycles. The number of nitrogens with zero attached hydrogens (tertiary/aromatic N) is 1. The highest BCUT2D eigenvalue weighted by Crippen LogP contribution is 2.42. The normalized spacial score (nSPS) is 22.9. The summed E-state index contributed by atoms with van der Waals surface area (Å²) < 4.78 is 5.47. The molecule has 3 N–H and O–H groups in total. The van der Waals surface area contributed by atoms with Crippen LogP contribution in [0.1, 0.15) is 24.1 Å². The first-order valence-electron chi connectivity index (χ1n) is 5.87. The van der Waals surface area contributed by atoms with Gasteiger partial charge in [0, 0.05) is 7.11 Å². The first-order valence-corrected chi connectivity index (χ1v) is 7.91. The Hall–Kier alpha value is -0.900. The predicted molar refractivity (Wildman–Crippen MR) is 77.3 cm³/mol. The van der Waals surface area contributed by atoms with Crippen LogP contribution in [0.2, 0.25) is 0 Å². The van der Waals surface area contributed by atoms with Gasteiger partial charge in [0.05, 0.1) is 22.7 Å². The monoisotopic (exact) mass is 283 g/mol. The minimum Gasteiger partial charge on any atom is -0.396 e. The number of thioether (sulfide) groups is 1. The van der Waals surface area contributed by atoms with E-state index in [1.807, 2.05) is 6.26 Å². The Bertz CT molecular complexity index is 467. The lowest BCUT2D eigenvalue weighted by atomic mass is 10.2. The molecule has 2 rings (SSSR count). The van der Waals surface area contributed by atoms with Crippen LogP contribution in [-0.4, -0.2) is 25.5 Å². The van der Waals surface area contributed by atoms with E-state index in [2.05, 4.69) is 11.4 Å². The third-order valence-corrected chi connectivity index (χ3v) is 5.28. The van der Waals surface area contributed by atoms with Gasteiger partial charge in [0.1, 0.15) is 15.9 Å². The smallest absolute Gasteiger partial charge is 0.131 e. The summed E-state index contributed by atoms with van der Waals surface area (Å²) in [6, 6.07) is 2.47. The maximum absolute atomic E-state index is 9.03. The molecule has 18 heavy (non-hydrogen) atoms. The van der Waals surface area contributed by atoms with Crippen LogP contribution in [0.15, 0.2) is 4.90 Å². The first-order chi connectivity index (χ1) is 8.71. The number of thiophene rings is 1. The van der Waals surface area contributed by atoms with Gasteiger partial charge in [-0.1, -0.05) is 0 Å². The topological polar surface area (TPSA) is 71.1 Å². The average Bonchev–Trinajstić information content (AvgIpc) is 2.94. The third-order valence-electron chi connectivity index (χ3n) is 3.28. The zero-order valence-corrected chi connectivity index (χ0v) is 12.2. The van der Waals surface area contributed by atoms with E-state index in [1.165, 1.54) is 17.8 Å². The highest BCUT2D eigenvalue weighted by atomic mass is 32.2. The molecule has 98 valence electrons. The molecule has 1 fully saturated rings. The number of nitrogens with one attached hydrogen (secondary N) is 1. The van der Waals surface area contributed by atoms with E-state index in [4.69, 9.17) is 15.7 Å². The third kappa shape index (κ3) is 2.44. The largest absolute Gasteiger partial charge is 0.396 e. The van der Waals surface area contributed by atoms with Crippen LogP contribution < -0.4 is 11.1 Å². The van der Waals surface area contributed by atoms with E-state index in [0.717, 1.165) is 22.7 Å². The molecule has 0 amide bonds. The molecule has 0 saturated heterocycles. The Balaban J connectivity index is 2.21. The molecule has 1 saturated carbocycles. The van der Waals surface area contributed by atoms with Gasteiger partial charge in [0.2, 0.25) is 0 Å². The van der Waals surface area contributed by atoms with Crippen LogP contribution in [-0.2, 0) is 4.74 Å². The van der Waals surface area contributed by atoms with Gasteiger partial charge in [-0.25, -0.2) is 0 Å². The number of nitriles is 1. The maximum atomic E-state index is 9.03. The van der Waals surface area contributed by atoms with Crippen molar-refractivity contribution < 1.29 is 4.74 Å². The van der Waals surface area contributed by atoms with Crippen molar-refractivity contribution in [3.05, 3.63) is 4.88 Å². The van der Waals surface area contributed by atoms with Crippen LogP contribution in [0.3, 0.4) is 0 Å². The van der Waals surface area contributed by atoms with Crippen molar-refractivity contribution in [3.63, 3.8) is 0 Å². The number of rotatable bonds is 4. The molecule has 0 spiro atoms.